The summed E-state index contributed by atoms with van der Waals surface area (Å²) >= 11 is 0. The molecule has 6 nitrogen and oxygen atoms in total. The lowest BCUT2D eigenvalue weighted by atomic mass is 10.1. The predicted molar refractivity (Wildman–Crippen MR) is 98.9 cm³/mol. The van der Waals surface area contributed by atoms with Crippen molar-refractivity contribution >= 4 is 10.0 Å². The fourth-order valence-corrected chi connectivity index (χ4v) is 4.06. The van der Waals surface area contributed by atoms with Gasteiger partial charge in [0.25, 0.3) is 0 Å². The Morgan fingerprint density at radius 1 is 1.04 bits per heavy atom. The highest BCUT2D eigenvalue weighted by atomic mass is 32.2. The lowest BCUT2D eigenvalue weighted by Crippen LogP contribution is -2.33. The van der Waals surface area contributed by atoms with Crippen LogP contribution in [0.3, 0.4) is 0 Å². The summed E-state index contributed by atoms with van der Waals surface area (Å²) in [5.41, 5.74) is 0. The summed E-state index contributed by atoms with van der Waals surface area (Å²) in [7, 11) is -3.54. The summed E-state index contributed by atoms with van der Waals surface area (Å²) in [5, 5.41) is 0. The quantitative estimate of drug-likeness (QED) is 0.641. The highest BCUT2D eigenvalue weighted by molar-refractivity contribution is 7.89. The molecular weight excluding hydrogens is 340 g/mol. The summed E-state index contributed by atoms with van der Waals surface area (Å²) < 4.78 is 38.6. The van der Waals surface area contributed by atoms with E-state index in [4.69, 9.17) is 9.47 Å². The Morgan fingerprint density at radius 2 is 1.72 bits per heavy atom. The van der Waals surface area contributed by atoms with Crippen LogP contribution in [0.4, 0.5) is 0 Å². The predicted octanol–water partition coefficient (Wildman–Crippen LogP) is 2.64. The van der Waals surface area contributed by atoms with Crippen LogP contribution in [0.1, 0.15) is 39.5 Å². The van der Waals surface area contributed by atoms with Crippen molar-refractivity contribution in [2.45, 2.75) is 44.4 Å². The van der Waals surface area contributed by atoms with E-state index in [2.05, 4.69) is 9.62 Å². The van der Waals surface area contributed by atoms with Crippen molar-refractivity contribution in [3.63, 3.8) is 0 Å². The van der Waals surface area contributed by atoms with E-state index in [1.165, 1.54) is 25.3 Å². The maximum atomic E-state index is 12.5. The fourth-order valence-electron chi connectivity index (χ4n) is 2.97. The largest absolute Gasteiger partial charge is 0.490 e. The molecule has 0 unspecified atom stereocenters. The summed E-state index contributed by atoms with van der Waals surface area (Å²) in [6.07, 6.45) is 4.62. The molecule has 1 heterocycles. The highest BCUT2D eigenvalue weighted by Gasteiger charge is 2.17. The third kappa shape index (κ3) is 6.17. The van der Waals surface area contributed by atoms with Crippen LogP contribution >= 0.6 is 0 Å². The van der Waals surface area contributed by atoms with Crippen LogP contribution in [0.2, 0.25) is 0 Å². The Bertz CT molecular complexity index is 628. The molecule has 1 fully saturated rings. The Balaban J connectivity index is 1.92. The number of rotatable bonds is 10. The average Bonchev–Trinajstić information content (AvgIpc) is 2.61. The molecule has 1 N–H and O–H groups in total. The van der Waals surface area contributed by atoms with E-state index >= 15 is 0 Å². The van der Waals surface area contributed by atoms with Gasteiger partial charge in [-0.05, 0) is 64.9 Å². The van der Waals surface area contributed by atoms with Crippen molar-refractivity contribution in [1.29, 1.82) is 0 Å². The zero-order valence-electron chi connectivity index (χ0n) is 15.3. The SMILES string of the molecule is CCOc1ccc(S(=O)(=O)NCCCN2CCCCC2)cc1OCC. The topological polar surface area (TPSA) is 67.9 Å². The molecule has 1 saturated heterocycles. The number of benzene rings is 1. The van der Waals surface area contributed by atoms with Gasteiger partial charge in [-0.15, -0.1) is 0 Å². The number of hydrogen-bond donors (Lipinski definition) is 1. The van der Waals surface area contributed by atoms with E-state index in [9.17, 15) is 8.42 Å². The molecule has 1 aliphatic heterocycles. The van der Waals surface area contributed by atoms with E-state index in [1.807, 2.05) is 13.8 Å². The molecule has 7 heteroatoms. The van der Waals surface area contributed by atoms with Gasteiger partial charge < -0.3 is 14.4 Å². The van der Waals surface area contributed by atoms with Gasteiger partial charge in [0, 0.05) is 12.6 Å². The minimum Gasteiger partial charge on any atom is -0.490 e. The van der Waals surface area contributed by atoms with Crippen molar-refractivity contribution < 1.29 is 17.9 Å². The number of hydrogen-bond acceptors (Lipinski definition) is 5. The number of sulfonamides is 1. The maximum absolute atomic E-state index is 12.5. The molecule has 0 saturated carbocycles. The zero-order chi connectivity index (χ0) is 18.1. The van der Waals surface area contributed by atoms with Crippen LogP contribution in [0.5, 0.6) is 11.5 Å². The van der Waals surface area contributed by atoms with Gasteiger partial charge in [-0.1, -0.05) is 6.42 Å². The van der Waals surface area contributed by atoms with Crippen LogP contribution in [0, 0.1) is 0 Å². The van der Waals surface area contributed by atoms with Gasteiger partial charge in [-0.3, -0.25) is 0 Å². The first kappa shape index (κ1) is 20.0. The van der Waals surface area contributed by atoms with Crippen molar-refractivity contribution in [3.05, 3.63) is 18.2 Å². The maximum Gasteiger partial charge on any atom is 0.240 e. The number of nitrogens with zero attached hydrogens (tertiary/aromatic N) is 1. The van der Waals surface area contributed by atoms with Gasteiger partial charge >= 0.3 is 0 Å². The van der Waals surface area contributed by atoms with Crippen molar-refractivity contribution in [1.82, 2.24) is 9.62 Å². The van der Waals surface area contributed by atoms with Crippen LogP contribution in [0.15, 0.2) is 23.1 Å². The third-order valence-corrected chi connectivity index (χ3v) is 5.68. The summed E-state index contributed by atoms with van der Waals surface area (Å²) in [6.45, 7) is 8.33. The fraction of sp³-hybridized carbons (Fsp3) is 0.667. The molecule has 0 spiro atoms. The first-order chi connectivity index (χ1) is 12.1. The summed E-state index contributed by atoms with van der Waals surface area (Å²) in [5.74, 6) is 1.02. The molecule has 0 aromatic heterocycles. The van der Waals surface area contributed by atoms with E-state index in [-0.39, 0.29) is 4.90 Å². The standard InChI is InChI=1S/C18H30N2O4S/c1-3-23-17-10-9-16(15-18(17)24-4-2)25(21,22)19-11-8-14-20-12-6-5-7-13-20/h9-10,15,19H,3-8,11-14H2,1-2H3. The minimum atomic E-state index is -3.54. The van der Waals surface area contributed by atoms with E-state index in [0.29, 0.717) is 31.3 Å². The minimum absolute atomic E-state index is 0.206. The molecule has 0 aliphatic carbocycles. The van der Waals surface area contributed by atoms with Gasteiger partial charge in [-0.2, -0.15) is 0 Å². The van der Waals surface area contributed by atoms with Crippen molar-refractivity contribution in [2.24, 2.45) is 0 Å². The van der Waals surface area contributed by atoms with E-state index in [1.54, 1.807) is 12.1 Å². The Morgan fingerprint density at radius 3 is 2.40 bits per heavy atom. The van der Waals surface area contributed by atoms with E-state index in [0.717, 1.165) is 26.1 Å². The van der Waals surface area contributed by atoms with Gasteiger partial charge in [0.15, 0.2) is 11.5 Å². The molecule has 1 aromatic carbocycles. The van der Waals surface area contributed by atoms with Crippen molar-refractivity contribution in [2.75, 3.05) is 39.4 Å². The normalized spacial score (nSPS) is 15.9. The lowest BCUT2D eigenvalue weighted by molar-refractivity contribution is 0.227. The molecule has 142 valence electrons. The Labute approximate surface area is 151 Å². The smallest absolute Gasteiger partial charge is 0.240 e. The van der Waals surface area contributed by atoms with Crippen LogP contribution < -0.4 is 14.2 Å². The second kappa shape index (κ2) is 9.99. The lowest BCUT2D eigenvalue weighted by Gasteiger charge is -2.26. The van der Waals surface area contributed by atoms with Crippen LogP contribution in [-0.2, 0) is 10.0 Å². The highest BCUT2D eigenvalue weighted by Crippen LogP contribution is 2.30. The van der Waals surface area contributed by atoms with Crippen LogP contribution in [0.25, 0.3) is 0 Å². The molecule has 1 aromatic rings. The average molecular weight is 371 g/mol. The molecule has 1 aliphatic rings. The molecule has 25 heavy (non-hydrogen) atoms. The molecular formula is C18H30N2O4S. The Kier molecular flexibility index (Phi) is 7.99. The molecule has 0 atom stereocenters. The summed E-state index contributed by atoms with van der Waals surface area (Å²) in [4.78, 5) is 2.61. The number of ether oxygens (including phenoxy) is 2. The van der Waals surface area contributed by atoms with Gasteiger partial charge in [0.1, 0.15) is 0 Å². The molecule has 0 radical (unpaired) electrons. The molecule has 2 rings (SSSR count). The third-order valence-electron chi connectivity index (χ3n) is 4.22. The first-order valence-corrected chi connectivity index (χ1v) is 10.7. The van der Waals surface area contributed by atoms with Gasteiger partial charge in [0.2, 0.25) is 10.0 Å². The van der Waals surface area contributed by atoms with Gasteiger partial charge in [0.05, 0.1) is 18.1 Å². The Hall–Kier alpha value is -1.31. The molecule has 0 bridgehead atoms. The number of piperidine rings is 1. The second-order valence-electron chi connectivity index (χ2n) is 6.13. The monoisotopic (exact) mass is 370 g/mol. The van der Waals surface area contributed by atoms with Crippen LogP contribution in [-0.4, -0.2) is 52.7 Å². The number of likely N-dealkylation sites (tertiary alicyclic amines) is 1. The zero-order valence-corrected chi connectivity index (χ0v) is 16.1. The van der Waals surface area contributed by atoms with E-state index < -0.39 is 10.0 Å². The summed E-state index contributed by atoms with van der Waals surface area (Å²) in [6, 6.07) is 4.73. The van der Waals surface area contributed by atoms with Gasteiger partial charge in [-0.25, -0.2) is 13.1 Å². The second-order valence-corrected chi connectivity index (χ2v) is 7.90. The first-order valence-electron chi connectivity index (χ1n) is 9.18. The van der Waals surface area contributed by atoms with Crippen molar-refractivity contribution in [3.8, 4) is 11.5 Å². The molecule has 0 amide bonds. The number of nitrogens with one attached hydrogen (secondary N) is 1.